The van der Waals surface area contributed by atoms with Crippen molar-refractivity contribution >= 4 is 5.82 Å². The summed E-state index contributed by atoms with van der Waals surface area (Å²) in [6.45, 7) is 5.00. The molecule has 0 aromatic carbocycles. The van der Waals surface area contributed by atoms with Crippen molar-refractivity contribution in [1.29, 1.82) is 0 Å². The van der Waals surface area contributed by atoms with Crippen molar-refractivity contribution in [2.45, 2.75) is 20.4 Å². The first-order chi connectivity index (χ1) is 8.28. The van der Waals surface area contributed by atoms with Gasteiger partial charge in [-0.3, -0.25) is 0 Å². The molecule has 0 saturated heterocycles. The first-order valence-electron chi connectivity index (χ1n) is 5.47. The van der Waals surface area contributed by atoms with E-state index in [1.54, 1.807) is 18.6 Å². The maximum absolute atomic E-state index is 5.35. The minimum atomic E-state index is 0.590. The quantitative estimate of drug-likeness (QED) is 0.818. The minimum absolute atomic E-state index is 0.590. The number of nitrogens with zero attached hydrogens (tertiary/aromatic N) is 3. The smallest absolute Gasteiger partial charge is 0.218 e. The molecule has 0 bridgehead atoms. The van der Waals surface area contributed by atoms with Gasteiger partial charge in [-0.15, -0.1) is 0 Å². The molecule has 2 heterocycles. The Morgan fingerprint density at radius 2 is 2.29 bits per heavy atom. The van der Waals surface area contributed by atoms with E-state index in [4.69, 9.17) is 4.74 Å². The van der Waals surface area contributed by atoms with E-state index in [-0.39, 0.29) is 0 Å². The lowest BCUT2D eigenvalue weighted by Gasteiger charge is -2.07. The summed E-state index contributed by atoms with van der Waals surface area (Å²) in [6.07, 6.45) is 3.42. The molecule has 0 saturated carbocycles. The topological polar surface area (TPSA) is 75.7 Å². The number of aromatic nitrogens is 4. The third kappa shape index (κ3) is 3.17. The monoisotopic (exact) mass is 233 g/mol. The lowest BCUT2D eigenvalue weighted by atomic mass is 10.4. The van der Waals surface area contributed by atoms with Crippen molar-refractivity contribution in [3.8, 4) is 5.88 Å². The third-order valence-corrected chi connectivity index (χ3v) is 2.12. The number of ether oxygens (including phenoxy) is 1. The fraction of sp³-hybridized carbons (Fsp3) is 0.364. The number of hydrogen-bond donors (Lipinski definition) is 2. The van der Waals surface area contributed by atoms with Crippen LogP contribution in [0.3, 0.4) is 0 Å². The second-order valence-corrected chi connectivity index (χ2v) is 3.50. The summed E-state index contributed by atoms with van der Waals surface area (Å²) >= 11 is 0. The predicted molar refractivity (Wildman–Crippen MR) is 63.9 cm³/mol. The molecule has 0 fully saturated rings. The summed E-state index contributed by atoms with van der Waals surface area (Å²) in [5.74, 6) is 2.02. The van der Waals surface area contributed by atoms with Crippen LogP contribution in [0.2, 0.25) is 0 Å². The Morgan fingerprint density at radius 3 is 3.00 bits per heavy atom. The standard InChI is InChI=1S/C11H15N5O/c1-3-17-11-4-10(15-8(2)16-11)13-6-9-5-12-7-14-9/h4-5,7H,3,6H2,1-2H3,(H,12,14)(H,13,15,16). The molecule has 2 N–H and O–H groups in total. The molecule has 0 amide bonds. The number of imidazole rings is 1. The van der Waals surface area contributed by atoms with E-state index in [2.05, 4.69) is 25.3 Å². The van der Waals surface area contributed by atoms with Crippen LogP contribution in [0.5, 0.6) is 5.88 Å². The van der Waals surface area contributed by atoms with Gasteiger partial charge in [0.05, 0.1) is 25.2 Å². The van der Waals surface area contributed by atoms with Gasteiger partial charge in [-0.05, 0) is 13.8 Å². The molecule has 90 valence electrons. The van der Waals surface area contributed by atoms with Crippen LogP contribution in [0.25, 0.3) is 0 Å². The van der Waals surface area contributed by atoms with Crippen molar-refractivity contribution in [3.63, 3.8) is 0 Å². The maximum atomic E-state index is 5.35. The van der Waals surface area contributed by atoms with Crippen molar-refractivity contribution in [2.24, 2.45) is 0 Å². The molecule has 0 unspecified atom stereocenters. The summed E-state index contributed by atoms with van der Waals surface area (Å²) in [5.41, 5.74) is 0.999. The average molecular weight is 233 g/mol. The first kappa shape index (κ1) is 11.4. The van der Waals surface area contributed by atoms with Crippen LogP contribution >= 0.6 is 0 Å². The van der Waals surface area contributed by atoms with Crippen molar-refractivity contribution in [3.05, 3.63) is 30.1 Å². The Kier molecular flexibility index (Phi) is 3.54. The van der Waals surface area contributed by atoms with Crippen LogP contribution in [-0.2, 0) is 6.54 Å². The van der Waals surface area contributed by atoms with Gasteiger partial charge >= 0.3 is 0 Å². The Balaban J connectivity index is 2.04. The number of nitrogens with one attached hydrogen (secondary N) is 2. The predicted octanol–water partition coefficient (Wildman–Crippen LogP) is 1.52. The number of aromatic amines is 1. The van der Waals surface area contributed by atoms with Gasteiger partial charge in [-0.1, -0.05) is 0 Å². The fourth-order valence-electron chi connectivity index (χ4n) is 1.42. The molecule has 0 aliphatic rings. The molecule has 2 aromatic heterocycles. The van der Waals surface area contributed by atoms with Crippen LogP contribution in [0.4, 0.5) is 5.82 Å². The molecule has 0 radical (unpaired) electrons. The normalized spacial score (nSPS) is 10.2. The molecule has 6 nitrogen and oxygen atoms in total. The Bertz CT molecular complexity index is 469. The second kappa shape index (κ2) is 5.29. The lowest BCUT2D eigenvalue weighted by molar-refractivity contribution is 0.325. The minimum Gasteiger partial charge on any atom is -0.478 e. The highest BCUT2D eigenvalue weighted by Gasteiger charge is 2.02. The van der Waals surface area contributed by atoms with Gasteiger partial charge < -0.3 is 15.0 Å². The molecule has 2 aromatic rings. The average Bonchev–Trinajstić information content (AvgIpc) is 2.79. The number of anilines is 1. The van der Waals surface area contributed by atoms with Crippen molar-refractivity contribution in [2.75, 3.05) is 11.9 Å². The van der Waals surface area contributed by atoms with Crippen molar-refractivity contribution in [1.82, 2.24) is 19.9 Å². The van der Waals surface area contributed by atoms with E-state index in [0.717, 1.165) is 11.5 Å². The van der Waals surface area contributed by atoms with Gasteiger partial charge in [0.15, 0.2) is 0 Å². The summed E-state index contributed by atoms with van der Waals surface area (Å²) in [7, 11) is 0. The number of aryl methyl sites for hydroxylation is 1. The molecule has 2 rings (SSSR count). The number of H-pyrrole nitrogens is 1. The summed E-state index contributed by atoms with van der Waals surface area (Å²) in [6, 6.07) is 1.78. The van der Waals surface area contributed by atoms with E-state index >= 15 is 0 Å². The van der Waals surface area contributed by atoms with Crippen LogP contribution in [0, 0.1) is 6.92 Å². The molecular weight excluding hydrogens is 218 g/mol. The largest absolute Gasteiger partial charge is 0.478 e. The van der Waals surface area contributed by atoms with Gasteiger partial charge in [0, 0.05) is 12.3 Å². The highest BCUT2D eigenvalue weighted by atomic mass is 16.5. The van der Waals surface area contributed by atoms with Crippen LogP contribution in [0.15, 0.2) is 18.6 Å². The van der Waals surface area contributed by atoms with Gasteiger partial charge in [-0.25, -0.2) is 9.97 Å². The van der Waals surface area contributed by atoms with Gasteiger partial charge in [0.1, 0.15) is 11.6 Å². The third-order valence-electron chi connectivity index (χ3n) is 2.12. The van der Waals surface area contributed by atoms with Crippen LogP contribution < -0.4 is 10.1 Å². The summed E-state index contributed by atoms with van der Waals surface area (Å²) < 4.78 is 5.35. The fourth-order valence-corrected chi connectivity index (χ4v) is 1.42. The summed E-state index contributed by atoms with van der Waals surface area (Å²) in [4.78, 5) is 15.4. The number of rotatable bonds is 5. The van der Waals surface area contributed by atoms with E-state index in [9.17, 15) is 0 Å². The van der Waals surface area contributed by atoms with Gasteiger partial charge in [-0.2, -0.15) is 4.98 Å². The van der Waals surface area contributed by atoms with Crippen molar-refractivity contribution < 1.29 is 4.74 Å². The summed E-state index contributed by atoms with van der Waals surface area (Å²) in [5, 5.41) is 3.18. The Hall–Kier alpha value is -2.11. The van der Waals surface area contributed by atoms with E-state index < -0.39 is 0 Å². The van der Waals surface area contributed by atoms with E-state index in [0.29, 0.717) is 24.9 Å². The lowest BCUT2D eigenvalue weighted by Crippen LogP contribution is -2.05. The van der Waals surface area contributed by atoms with E-state index in [1.165, 1.54) is 0 Å². The SMILES string of the molecule is CCOc1cc(NCc2cnc[nH]2)nc(C)n1. The highest BCUT2D eigenvalue weighted by molar-refractivity contribution is 5.38. The van der Waals surface area contributed by atoms with Crippen LogP contribution in [-0.4, -0.2) is 26.5 Å². The Morgan fingerprint density at radius 1 is 1.41 bits per heavy atom. The van der Waals surface area contributed by atoms with Gasteiger partial charge in [0.2, 0.25) is 5.88 Å². The first-order valence-corrected chi connectivity index (χ1v) is 5.47. The molecule has 17 heavy (non-hydrogen) atoms. The number of hydrogen-bond acceptors (Lipinski definition) is 5. The van der Waals surface area contributed by atoms with Gasteiger partial charge in [0.25, 0.3) is 0 Å². The zero-order chi connectivity index (χ0) is 12.1. The van der Waals surface area contributed by atoms with Crippen LogP contribution in [0.1, 0.15) is 18.4 Å². The van der Waals surface area contributed by atoms with E-state index in [1.807, 2.05) is 13.8 Å². The molecule has 0 spiro atoms. The zero-order valence-electron chi connectivity index (χ0n) is 9.90. The maximum Gasteiger partial charge on any atom is 0.218 e. The molecule has 0 aliphatic heterocycles. The second-order valence-electron chi connectivity index (χ2n) is 3.50. The molecule has 0 atom stereocenters. The molecule has 0 aliphatic carbocycles. The molecular formula is C11H15N5O. The Labute approximate surface area is 99.5 Å². The highest BCUT2D eigenvalue weighted by Crippen LogP contribution is 2.13. The zero-order valence-corrected chi connectivity index (χ0v) is 9.90. The molecule has 6 heteroatoms.